The third-order valence-electron chi connectivity index (χ3n) is 4.16. The van der Waals surface area contributed by atoms with Crippen molar-refractivity contribution in [2.45, 2.75) is 19.3 Å². The number of hydrogen-bond donors (Lipinski definition) is 3. The van der Waals surface area contributed by atoms with Crippen LogP contribution < -0.4 is 10.1 Å². The topological polar surface area (TPSA) is 69.9 Å². The van der Waals surface area contributed by atoms with Gasteiger partial charge in [-0.2, -0.15) is 0 Å². The SMILES string of the molecule is CC1(C)c2cc(O[B]O)ccc2-c2ccc(B(O)O)cc21. The lowest BCUT2D eigenvalue weighted by atomic mass is 9.75. The lowest BCUT2D eigenvalue weighted by molar-refractivity contribution is 0.425. The first-order valence-corrected chi connectivity index (χ1v) is 6.73. The standard InChI is InChI=1S/C15H15B2O4/c1-15(2)13-7-9(17(19)20)3-5-11(13)12-6-4-10(21-16-18)8-14(12)15/h3-8,18-20H,1-2H3. The van der Waals surface area contributed by atoms with Crippen LogP contribution in [0.3, 0.4) is 0 Å². The zero-order valence-electron chi connectivity index (χ0n) is 11.9. The Morgan fingerprint density at radius 1 is 1.00 bits per heavy atom. The van der Waals surface area contributed by atoms with Crippen LogP contribution in [0.15, 0.2) is 36.4 Å². The summed E-state index contributed by atoms with van der Waals surface area (Å²) in [6, 6.07) is 11.1. The van der Waals surface area contributed by atoms with E-state index in [1.165, 1.54) is 0 Å². The molecular formula is C15H15B2O4. The average Bonchev–Trinajstić information content (AvgIpc) is 2.68. The Hall–Kier alpha value is -1.75. The maximum Gasteiger partial charge on any atom is 0.569 e. The predicted molar refractivity (Wildman–Crippen MR) is 82.4 cm³/mol. The zero-order chi connectivity index (χ0) is 15.2. The summed E-state index contributed by atoms with van der Waals surface area (Å²) < 4.78 is 5.04. The van der Waals surface area contributed by atoms with E-state index in [4.69, 9.17) is 9.68 Å². The summed E-state index contributed by atoms with van der Waals surface area (Å²) in [5, 5.41) is 27.5. The van der Waals surface area contributed by atoms with Gasteiger partial charge < -0.3 is 19.7 Å². The van der Waals surface area contributed by atoms with Crippen LogP contribution in [-0.4, -0.2) is 29.9 Å². The van der Waals surface area contributed by atoms with Crippen molar-refractivity contribution in [3.8, 4) is 16.9 Å². The first kappa shape index (κ1) is 14.2. The lowest BCUT2D eigenvalue weighted by Crippen LogP contribution is -2.31. The van der Waals surface area contributed by atoms with Crippen LogP contribution in [0.2, 0.25) is 0 Å². The number of rotatable bonds is 3. The van der Waals surface area contributed by atoms with E-state index in [2.05, 4.69) is 13.8 Å². The van der Waals surface area contributed by atoms with E-state index >= 15 is 0 Å². The van der Waals surface area contributed by atoms with E-state index in [0.717, 1.165) is 22.3 Å². The summed E-state index contributed by atoms with van der Waals surface area (Å²) in [6.45, 7) is 4.16. The molecule has 0 atom stereocenters. The van der Waals surface area contributed by atoms with Gasteiger partial charge in [0.2, 0.25) is 0 Å². The van der Waals surface area contributed by atoms with Gasteiger partial charge >= 0.3 is 14.8 Å². The predicted octanol–water partition coefficient (Wildman–Crippen LogP) is 0.578. The van der Waals surface area contributed by atoms with Crippen molar-refractivity contribution >= 4 is 20.3 Å². The van der Waals surface area contributed by atoms with Gasteiger partial charge in [0.1, 0.15) is 5.75 Å². The minimum absolute atomic E-state index is 0.273. The average molecular weight is 281 g/mol. The molecule has 0 bridgehead atoms. The van der Waals surface area contributed by atoms with Gasteiger partial charge in [0, 0.05) is 5.41 Å². The molecule has 2 aromatic rings. The molecule has 0 aromatic heterocycles. The fourth-order valence-electron chi connectivity index (χ4n) is 3.03. The van der Waals surface area contributed by atoms with Gasteiger partial charge in [-0.1, -0.05) is 38.1 Å². The van der Waals surface area contributed by atoms with Gasteiger partial charge in [-0.25, -0.2) is 0 Å². The maximum absolute atomic E-state index is 9.36. The second-order valence-corrected chi connectivity index (χ2v) is 5.73. The monoisotopic (exact) mass is 281 g/mol. The minimum atomic E-state index is -1.47. The third kappa shape index (κ3) is 2.16. The van der Waals surface area contributed by atoms with Crippen LogP contribution in [0, 0.1) is 0 Å². The molecule has 0 saturated heterocycles. The molecule has 2 aromatic carbocycles. The summed E-state index contributed by atoms with van der Waals surface area (Å²) in [6.07, 6.45) is 0. The van der Waals surface area contributed by atoms with Crippen molar-refractivity contribution in [2.75, 3.05) is 0 Å². The molecule has 0 heterocycles. The fraction of sp³-hybridized carbons (Fsp3) is 0.200. The van der Waals surface area contributed by atoms with Gasteiger partial charge in [0.05, 0.1) is 0 Å². The van der Waals surface area contributed by atoms with E-state index in [1.54, 1.807) is 12.1 Å². The van der Waals surface area contributed by atoms with Crippen LogP contribution in [0.5, 0.6) is 5.75 Å². The van der Waals surface area contributed by atoms with Crippen molar-refractivity contribution in [1.82, 2.24) is 0 Å². The summed E-state index contributed by atoms with van der Waals surface area (Å²) in [5.74, 6) is 0.569. The van der Waals surface area contributed by atoms with Crippen molar-refractivity contribution in [2.24, 2.45) is 0 Å². The van der Waals surface area contributed by atoms with Crippen LogP contribution in [0.1, 0.15) is 25.0 Å². The summed E-state index contributed by atoms with van der Waals surface area (Å²) in [5.41, 5.74) is 4.52. The summed E-state index contributed by atoms with van der Waals surface area (Å²) in [4.78, 5) is 0. The molecule has 0 amide bonds. The van der Waals surface area contributed by atoms with E-state index < -0.39 is 7.12 Å². The maximum atomic E-state index is 9.36. The second kappa shape index (κ2) is 4.91. The smallest absolute Gasteiger partial charge is 0.537 e. The normalized spacial score (nSPS) is 14.3. The second-order valence-electron chi connectivity index (χ2n) is 5.73. The highest BCUT2D eigenvalue weighted by atomic mass is 16.5. The summed E-state index contributed by atoms with van der Waals surface area (Å²) >= 11 is 0. The molecule has 105 valence electrons. The Kier molecular flexibility index (Phi) is 3.32. The third-order valence-corrected chi connectivity index (χ3v) is 4.16. The number of fused-ring (bicyclic) bond motifs is 3. The highest BCUT2D eigenvalue weighted by Gasteiger charge is 2.36. The Morgan fingerprint density at radius 3 is 2.24 bits per heavy atom. The molecule has 4 nitrogen and oxygen atoms in total. The van der Waals surface area contributed by atoms with Crippen molar-refractivity contribution in [3.63, 3.8) is 0 Å². The molecule has 1 aliphatic rings. The molecule has 1 aliphatic carbocycles. The van der Waals surface area contributed by atoms with Crippen molar-refractivity contribution in [3.05, 3.63) is 47.5 Å². The molecule has 0 unspecified atom stereocenters. The van der Waals surface area contributed by atoms with Crippen LogP contribution >= 0.6 is 0 Å². The van der Waals surface area contributed by atoms with E-state index in [-0.39, 0.29) is 5.41 Å². The lowest BCUT2D eigenvalue weighted by Gasteiger charge is -2.22. The molecule has 0 fully saturated rings. The largest absolute Gasteiger partial charge is 0.569 e. The summed E-state index contributed by atoms with van der Waals surface area (Å²) in [7, 11) is -0.811. The molecule has 6 heteroatoms. The van der Waals surface area contributed by atoms with Gasteiger partial charge in [-0.05, 0) is 39.8 Å². The number of hydrogen-bond acceptors (Lipinski definition) is 4. The minimum Gasteiger partial charge on any atom is -0.537 e. The molecule has 0 spiro atoms. The van der Waals surface area contributed by atoms with E-state index in [0.29, 0.717) is 18.9 Å². The van der Waals surface area contributed by atoms with Crippen LogP contribution in [0.4, 0.5) is 0 Å². The van der Waals surface area contributed by atoms with Crippen LogP contribution in [0.25, 0.3) is 11.1 Å². The molecule has 3 rings (SSSR count). The Morgan fingerprint density at radius 2 is 1.62 bits per heavy atom. The molecule has 0 saturated carbocycles. The Balaban J connectivity index is 2.17. The molecule has 21 heavy (non-hydrogen) atoms. The van der Waals surface area contributed by atoms with Crippen molar-refractivity contribution < 1.29 is 19.7 Å². The Labute approximate surface area is 124 Å². The first-order chi connectivity index (χ1) is 9.95. The molecule has 3 N–H and O–H groups in total. The van der Waals surface area contributed by atoms with Gasteiger partial charge in [0.15, 0.2) is 0 Å². The van der Waals surface area contributed by atoms with Gasteiger partial charge in [-0.15, -0.1) is 0 Å². The van der Waals surface area contributed by atoms with Crippen LogP contribution in [-0.2, 0) is 5.41 Å². The van der Waals surface area contributed by atoms with E-state index in [1.807, 2.05) is 24.3 Å². The van der Waals surface area contributed by atoms with E-state index in [9.17, 15) is 10.0 Å². The fourth-order valence-corrected chi connectivity index (χ4v) is 3.03. The highest BCUT2D eigenvalue weighted by molar-refractivity contribution is 6.58. The molecule has 1 radical (unpaired) electrons. The Bertz CT molecular complexity index is 698. The van der Waals surface area contributed by atoms with Crippen molar-refractivity contribution in [1.29, 1.82) is 0 Å². The highest BCUT2D eigenvalue weighted by Crippen LogP contribution is 2.49. The molecular weight excluding hydrogens is 266 g/mol. The van der Waals surface area contributed by atoms with Gasteiger partial charge in [0.25, 0.3) is 0 Å². The van der Waals surface area contributed by atoms with Gasteiger partial charge in [-0.3, -0.25) is 0 Å². The first-order valence-electron chi connectivity index (χ1n) is 6.73. The zero-order valence-corrected chi connectivity index (χ0v) is 11.9. The number of benzene rings is 2. The molecule has 0 aliphatic heterocycles. The quantitative estimate of drug-likeness (QED) is 0.720.